The molecule has 0 bridgehead atoms. The van der Waals surface area contributed by atoms with Gasteiger partial charge in [0.25, 0.3) is 0 Å². The van der Waals surface area contributed by atoms with Crippen LogP contribution in [0, 0.1) is 50.2 Å². The van der Waals surface area contributed by atoms with Crippen LogP contribution >= 0.6 is 0 Å². The molecule has 4 saturated carbocycles. The number of ether oxygens (including phenoxy) is 1. The Kier molecular flexibility index (Phi) is 5.29. The van der Waals surface area contributed by atoms with Crippen molar-refractivity contribution in [3.05, 3.63) is 0 Å². The minimum Gasteiger partial charge on any atom is -0.462 e. The van der Waals surface area contributed by atoms with Crippen molar-refractivity contribution >= 4 is 5.97 Å². The van der Waals surface area contributed by atoms with E-state index in [0.29, 0.717) is 41.6 Å². The summed E-state index contributed by atoms with van der Waals surface area (Å²) in [5.74, 6) is 1.89. The van der Waals surface area contributed by atoms with E-state index in [4.69, 9.17) is 4.74 Å². The number of rotatable bonds is 1. The first-order valence-corrected chi connectivity index (χ1v) is 14.1. The zero-order chi connectivity index (χ0) is 24.1. The Labute approximate surface area is 202 Å². The van der Waals surface area contributed by atoms with Crippen molar-refractivity contribution in [1.29, 1.82) is 0 Å². The normalized spacial score (nSPS) is 55.8. The van der Waals surface area contributed by atoms with E-state index in [0.717, 1.165) is 6.42 Å². The van der Waals surface area contributed by atoms with Crippen LogP contribution in [-0.4, -0.2) is 23.8 Å². The van der Waals surface area contributed by atoms with Gasteiger partial charge < -0.3 is 9.84 Å². The number of aliphatic hydroxyl groups excluding tert-OH is 1. The summed E-state index contributed by atoms with van der Waals surface area (Å²) < 4.78 is 5.91. The van der Waals surface area contributed by atoms with Crippen LogP contribution in [0.2, 0.25) is 0 Å². The van der Waals surface area contributed by atoms with Crippen LogP contribution in [0.15, 0.2) is 0 Å². The summed E-state index contributed by atoms with van der Waals surface area (Å²) in [5, 5.41) is 10.7. The van der Waals surface area contributed by atoms with E-state index in [9.17, 15) is 9.90 Å². The third-order valence-corrected chi connectivity index (χ3v) is 13.5. The Balaban J connectivity index is 1.56. The molecule has 3 nitrogen and oxygen atoms in total. The highest BCUT2D eigenvalue weighted by Crippen LogP contribution is 2.77. The van der Waals surface area contributed by atoms with Gasteiger partial charge in [0, 0.05) is 18.4 Å². The Morgan fingerprint density at radius 2 is 1.42 bits per heavy atom. The van der Waals surface area contributed by atoms with Gasteiger partial charge in [-0.05, 0) is 116 Å². The molecule has 0 radical (unpaired) electrons. The molecule has 5 aliphatic rings. The monoisotopic (exact) mass is 458 g/mol. The Morgan fingerprint density at radius 3 is 2.12 bits per heavy atom. The molecule has 9 atom stereocenters. The van der Waals surface area contributed by atoms with Crippen LogP contribution in [0.5, 0.6) is 0 Å². The predicted molar refractivity (Wildman–Crippen MR) is 133 cm³/mol. The lowest BCUT2D eigenvalue weighted by molar-refractivity contribution is -0.262. The van der Waals surface area contributed by atoms with E-state index in [1.54, 1.807) is 0 Å². The molecule has 0 aromatic carbocycles. The van der Waals surface area contributed by atoms with Crippen molar-refractivity contribution in [2.75, 3.05) is 6.61 Å². The van der Waals surface area contributed by atoms with E-state index in [2.05, 4.69) is 48.5 Å². The lowest BCUT2D eigenvalue weighted by atomic mass is 9.30. The molecule has 1 aliphatic heterocycles. The van der Waals surface area contributed by atoms with Crippen LogP contribution in [-0.2, 0) is 9.53 Å². The summed E-state index contributed by atoms with van der Waals surface area (Å²) in [7, 11) is 0. The number of esters is 1. The molecule has 5 fully saturated rings. The molecule has 3 heteroatoms. The van der Waals surface area contributed by atoms with Gasteiger partial charge in [-0.2, -0.15) is 0 Å². The van der Waals surface area contributed by atoms with Crippen molar-refractivity contribution in [3.63, 3.8) is 0 Å². The van der Waals surface area contributed by atoms with Gasteiger partial charge in [-0.15, -0.1) is 0 Å². The number of fused-ring (bicyclic) bond motifs is 7. The van der Waals surface area contributed by atoms with E-state index < -0.39 is 0 Å². The SMILES string of the molecule is C[C@H]1OC(=O)CC[C@H]2[C@]3(C)CC[C@@]4(C)[C@H]5CC(C)(C)CC[C@]5(CO)CC[C@]4(C)[C@@H]3CC[C@@]21C. The smallest absolute Gasteiger partial charge is 0.306 e. The van der Waals surface area contributed by atoms with Crippen LogP contribution in [0.25, 0.3) is 0 Å². The minimum absolute atomic E-state index is 0.0139. The average Bonchev–Trinajstić information content (AvgIpc) is 2.86. The summed E-state index contributed by atoms with van der Waals surface area (Å²) in [4.78, 5) is 12.4. The summed E-state index contributed by atoms with van der Waals surface area (Å²) in [5.41, 5.74) is 1.47. The fourth-order valence-electron chi connectivity index (χ4n) is 11.0. The molecule has 0 amide bonds. The summed E-state index contributed by atoms with van der Waals surface area (Å²) >= 11 is 0. The first kappa shape index (κ1) is 24.1. The Hall–Kier alpha value is -0.570. The molecule has 1 saturated heterocycles. The van der Waals surface area contributed by atoms with Crippen molar-refractivity contribution in [1.82, 2.24) is 0 Å². The average molecular weight is 459 g/mol. The second-order valence-corrected chi connectivity index (χ2v) is 15.1. The maximum atomic E-state index is 12.4. The zero-order valence-electron chi connectivity index (χ0n) is 22.6. The number of carbonyl (C=O) groups excluding carboxylic acids is 1. The first-order valence-electron chi connectivity index (χ1n) is 14.1. The Bertz CT molecular complexity index is 819. The van der Waals surface area contributed by atoms with Crippen LogP contribution in [0.1, 0.15) is 119 Å². The molecule has 4 aliphatic carbocycles. The molecule has 0 unspecified atom stereocenters. The lowest BCUT2D eigenvalue weighted by Gasteiger charge is -2.74. The highest BCUT2D eigenvalue weighted by Gasteiger charge is 2.71. The van der Waals surface area contributed by atoms with Crippen molar-refractivity contribution < 1.29 is 14.6 Å². The molecular weight excluding hydrogens is 408 g/mol. The third kappa shape index (κ3) is 3.05. The van der Waals surface area contributed by atoms with Gasteiger partial charge >= 0.3 is 5.97 Å². The highest BCUT2D eigenvalue weighted by molar-refractivity contribution is 5.70. The molecular formula is C30H50O3. The molecule has 1 N–H and O–H groups in total. The highest BCUT2D eigenvalue weighted by atomic mass is 16.5. The number of cyclic esters (lactones) is 1. The number of aliphatic hydroxyl groups is 1. The molecule has 1 heterocycles. The number of carbonyl (C=O) groups is 1. The topological polar surface area (TPSA) is 46.5 Å². The van der Waals surface area contributed by atoms with Gasteiger partial charge in [0.2, 0.25) is 0 Å². The number of hydrogen-bond acceptors (Lipinski definition) is 3. The molecule has 5 rings (SSSR count). The van der Waals surface area contributed by atoms with E-state index in [1.807, 2.05) is 0 Å². The molecule has 33 heavy (non-hydrogen) atoms. The lowest BCUT2D eigenvalue weighted by Crippen LogP contribution is -2.68. The zero-order valence-corrected chi connectivity index (χ0v) is 22.6. The molecule has 188 valence electrons. The first-order chi connectivity index (χ1) is 15.3. The summed E-state index contributed by atoms with van der Waals surface area (Å²) in [6.07, 6.45) is 12.8. The second-order valence-electron chi connectivity index (χ2n) is 15.1. The van der Waals surface area contributed by atoms with Crippen LogP contribution < -0.4 is 0 Å². The number of hydrogen-bond donors (Lipinski definition) is 1. The molecule has 0 spiro atoms. The maximum Gasteiger partial charge on any atom is 0.306 e. The van der Waals surface area contributed by atoms with E-state index >= 15 is 0 Å². The fraction of sp³-hybridized carbons (Fsp3) is 0.967. The van der Waals surface area contributed by atoms with Crippen molar-refractivity contribution in [2.45, 2.75) is 125 Å². The maximum absolute atomic E-state index is 12.4. The van der Waals surface area contributed by atoms with Gasteiger partial charge in [-0.3, -0.25) is 4.79 Å². The fourth-order valence-corrected chi connectivity index (χ4v) is 11.0. The van der Waals surface area contributed by atoms with Gasteiger partial charge in [0.15, 0.2) is 0 Å². The van der Waals surface area contributed by atoms with Crippen LogP contribution in [0.3, 0.4) is 0 Å². The van der Waals surface area contributed by atoms with Gasteiger partial charge in [0.1, 0.15) is 6.10 Å². The quantitative estimate of drug-likeness (QED) is 0.424. The van der Waals surface area contributed by atoms with E-state index in [-0.39, 0.29) is 33.7 Å². The molecule has 0 aromatic heterocycles. The van der Waals surface area contributed by atoms with Crippen molar-refractivity contribution in [2.24, 2.45) is 50.2 Å². The summed E-state index contributed by atoms with van der Waals surface area (Å²) in [6, 6.07) is 0. The van der Waals surface area contributed by atoms with Crippen LogP contribution in [0.4, 0.5) is 0 Å². The van der Waals surface area contributed by atoms with Gasteiger partial charge in [-0.25, -0.2) is 0 Å². The van der Waals surface area contributed by atoms with Gasteiger partial charge in [-0.1, -0.05) is 41.5 Å². The standard InChI is InChI=1S/C30H50O3/c1-20-26(4)11-10-22-27(5,21(26)8-9-24(32)33-20)13-14-29(7)23-18-25(2,3)12-16-30(23,19-31)17-15-28(22,29)6/h20-23,31H,8-19H2,1-7H3/t20-,21-,22-,23-,26-,27+,28-,29+,30-/m1/s1. The third-order valence-electron chi connectivity index (χ3n) is 13.5. The van der Waals surface area contributed by atoms with E-state index in [1.165, 1.54) is 57.8 Å². The minimum atomic E-state index is 0.0139. The Morgan fingerprint density at radius 1 is 0.788 bits per heavy atom. The summed E-state index contributed by atoms with van der Waals surface area (Å²) in [6.45, 7) is 17.8. The van der Waals surface area contributed by atoms with Gasteiger partial charge in [0.05, 0.1) is 0 Å². The predicted octanol–water partition coefficient (Wildman–Crippen LogP) is 7.16. The second kappa shape index (κ2) is 7.23. The molecule has 0 aromatic rings. The van der Waals surface area contributed by atoms with Crippen molar-refractivity contribution in [3.8, 4) is 0 Å². The largest absolute Gasteiger partial charge is 0.462 e.